The molecule has 21 heavy (non-hydrogen) atoms. The number of amides is 2. The molecule has 0 unspecified atom stereocenters. The molecular weight excluding hydrogens is 286 g/mol. The summed E-state index contributed by atoms with van der Waals surface area (Å²) in [6.45, 7) is 15.4. The summed E-state index contributed by atoms with van der Waals surface area (Å²) in [6.07, 6.45) is -0.295. The molecular formula is C15H29NO4Si. The lowest BCUT2D eigenvalue weighted by atomic mass is 10.0. The van der Waals surface area contributed by atoms with Gasteiger partial charge in [-0.2, -0.15) is 0 Å². The van der Waals surface area contributed by atoms with Crippen molar-refractivity contribution in [3.05, 3.63) is 0 Å². The molecule has 0 N–H and O–H groups in total. The molecule has 0 saturated carbocycles. The van der Waals surface area contributed by atoms with Gasteiger partial charge >= 0.3 is 6.09 Å². The summed E-state index contributed by atoms with van der Waals surface area (Å²) in [7, 11) is -1.85. The van der Waals surface area contributed by atoms with Crippen LogP contribution in [0.4, 0.5) is 4.79 Å². The lowest BCUT2D eigenvalue weighted by Crippen LogP contribution is -2.44. The summed E-state index contributed by atoms with van der Waals surface area (Å²) in [5, 5.41) is 0.114. The summed E-state index contributed by atoms with van der Waals surface area (Å²) < 4.78 is 11.0. The average Bonchev–Trinajstić information content (AvgIpc) is 2.69. The van der Waals surface area contributed by atoms with Crippen LogP contribution < -0.4 is 0 Å². The second-order valence-electron chi connectivity index (χ2n) is 7.51. The largest absolute Gasteiger partial charge is 0.447 e. The van der Waals surface area contributed by atoms with E-state index in [1.807, 2.05) is 13.8 Å². The molecule has 0 bridgehead atoms. The number of nitrogens with zero attached hydrogens (tertiary/aromatic N) is 1. The summed E-state index contributed by atoms with van der Waals surface area (Å²) in [6, 6.07) is -0.155. The molecule has 1 aliphatic rings. The Bertz CT molecular complexity index is 401. The zero-order valence-corrected chi connectivity index (χ0v) is 15.4. The van der Waals surface area contributed by atoms with E-state index in [9.17, 15) is 9.59 Å². The second-order valence-corrected chi connectivity index (χ2v) is 12.3. The molecule has 6 heteroatoms. The Labute approximate surface area is 129 Å². The number of ether oxygens (including phenoxy) is 1. The smallest absolute Gasteiger partial charge is 0.416 e. The topological polar surface area (TPSA) is 55.8 Å². The van der Waals surface area contributed by atoms with Gasteiger partial charge in [-0.3, -0.25) is 4.79 Å². The van der Waals surface area contributed by atoms with E-state index in [2.05, 4.69) is 33.9 Å². The number of cyclic esters (lactones) is 1. The second kappa shape index (κ2) is 6.48. The molecule has 1 fully saturated rings. The van der Waals surface area contributed by atoms with Gasteiger partial charge in [0.25, 0.3) is 0 Å². The zero-order chi connectivity index (χ0) is 16.4. The molecule has 1 atom stereocenters. The predicted octanol–water partition coefficient (Wildman–Crippen LogP) is 3.40. The summed E-state index contributed by atoms with van der Waals surface area (Å²) in [5.74, 6) is -0.00313. The summed E-state index contributed by atoms with van der Waals surface area (Å²) in [5.41, 5.74) is 0. The van der Waals surface area contributed by atoms with Gasteiger partial charge in [-0.15, -0.1) is 0 Å². The molecule has 0 radical (unpaired) electrons. The Morgan fingerprint density at radius 1 is 1.43 bits per heavy atom. The molecule has 122 valence electrons. The molecule has 1 heterocycles. The van der Waals surface area contributed by atoms with E-state index in [0.29, 0.717) is 13.2 Å². The van der Waals surface area contributed by atoms with Gasteiger partial charge in [0.15, 0.2) is 8.32 Å². The van der Waals surface area contributed by atoms with Crippen molar-refractivity contribution < 1.29 is 18.8 Å². The van der Waals surface area contributed by atoms with Gasteiger partial charge in [-0.1, -0.05) is 34.6 Å². The molecule has 5 nitrogen and oxygen atoms in total. The molecule has 0 aromatic carbocycles. The van der Waals surface area contributed by atoms with Crippen LogP contribution in [-0.2, 0) is 14.0 Å². The minimum absolute atomic E-state index is 0.114. The number of carbonyl (C=O) groups excluding carboxylic acids is 2. The third-order valence-corrected chi connectivity index (χ3v) is 9.07. The van der Waals surface area contributed by atoms with Crippen molar-refractivity contribution in [2.24, 2.45) is 5.92 Å². The van der Waals surface area contributed by atoms with Crippen LogP contribution >= 0.6 is 0 Å². The van der Waals surface area contributed by atoms with Crippen LogP contribution in [0.5, 0.6) is 0 Å². The minimum atomic E-state index is -1.85. The SMILES string of the molecule is CC(C)[C@@H]1COC(=O)N1C(=O)CCO[Si](C)(C)C(C)(C)C. The van der Waals surface area contributed by atoms with E-state index in [0.717, 1.165) is 0 Å². The lowest BCUT2D eigenvalue weighted by Gasteiger charge is -2.36. The maximum Gasteiger partial charge on any atom is 0.416 e. The van der Waals surface area contributed by atoms with Crippen LogP contribution in [0.2, 0.25) is 18.1 Å². The highest BCUT2D eigenvalue weighted by molar-refractivity contribution is 6.74. The number of hydrogen-bond donors (Lipinski definition) is 0. The van der Waals surface area contributed by atoms with Crippen LogP contribution in [0.25, 0.3) is 0 Å². The number of imide groups is 1. The summed E-state index contributed by atoms with van der Waals surface area (Å²) in [4.78, 5) is 25.2. The molecule has 1 aliphatic heterocycles. The molecule has 0 aromatic heterocycles. The maximum absolute atomic E-state index is 12.3. The van der Waals surface area contributed by atoms with Gasteiger partial charge in [0.05, 0.1) is 6.04 Å². The normalized spacial score (nSPS) is 20.1. The van der Waals surface area contributed by atoms with Crippen molar-refractivity contribution >= 4 is 20.3 Å². The van der Waals surface area contributed by atoms with E-state index in [1.54, 1.807) is 0 Å². The van der Waals surface area contributed by atoms with Crippen LogP contribution in [0.15, 0.2) is 0 Å². The van der Waals surface area contributed by atoms with Crippen molar-refractivity contribution in [2.45, 2.75) is 65.2 Å². The molecule has 2 amide bonds. The standard InChI is InChI=1S/C15H29NO4Si/c1-11(2)12-10-19-14(18)16(12)13(17)8-9-20-21(6,7)15(3,4)5/h11-12H,8-10H2,1-7H3/t12-/m0/s1. The highest BCUT2D eigenvalue weighted by Gasteiger charge is 2.40. The van der Waals surface area contributed by atoms with Gasteiger partial charge in [0.1, 0.15) is 6.61 Å². The van der Waals surface area contributed by atoms with Crippen molar-refractivity contribution in [1.82, 2.24) is 4.90 Å². The highest BCUT2D eigenvalue weighted by Crippen LogP contribution is 2.36. The quantitative estimate of drug-likeness (QED) is 0.730. The van der Waals surface area contributed by atoms with E-state index in [4.69, 9.17) is 9.16 Å². The average molecular weight is 315 g/mol. The third-order valence-electron chi connectivity index (χ3n) is 4.53. The predicted molar refractivity (Wildman–Crippen MR) is 84.6 cm³/mol. The molecule has 0 aliphatic carbocycles. The Kier molecular flexibility index (Phi) is 5.61. The van der Waals surface area contributed by atoms with Gasteiger partial charge in [-0.05, 0) is 24.1 Å². The van der Waals surface area contributed by atoms with Crippen molar-refractivity contribution in [2.75, 3.05) is 13.2 Å². The Balaban J connectivity index is 2.56. The number of rotatable bonds is 5. The molecule has 0 spiro atoms. The van der Waals surface area contributed by atoms with Gasteiger partial charge in [-0.25, -0.2) is 9.69 Å². The number of hydrogen-bond acceptors (Lipinski definition) is 4. The highest BCUT2D eigenvalue weighted by atomic mass is 28.4. The first-order valence-electron chi connectivity index (χ1n) is 7.60. The van der Waals surface area contributed by atoms with E-state index >= 15 is 0 Å². The fourth-order valence-corrected chi connectivity index (χ4v) is 2.99. The third kappa shape index (κ3) is 4.29. The Morgan fingerprint density at radius 2 is 2.00 bits per heavy atom. The molecule has 1 saturated heterocycles. The van der Waals surface area contributed by atoms with Gasteiger partial charge in [0.2, 0.25) is 5.91 Å². The van der Waals surface area contributed by atoms with Crippen molar-refractivity contribution in [1.29, 1.82) is 0 Å². The Morgan fingerprint density at radius 3 is 2.48 bits per heavy atom. The lowest BCUT2D eigenvalue weighted by molar-refractivity contribution is -0.130. The first-order valence-corrected chi connectivity index (χ1v) is 10.5. The van der Waals surface area contributed by atoms with Crippen LogP contribution in [-0.4, -0.2) is 44.5 Å². The van der Waals surface area contributed by atoms with Crippen LogP contribution in [0.1, 0.15) is 41.0 Å². The van der Waals surface area contributed by atoms with E-state index in [-0.39, 0.29) is 29.3 Å². The van der Waals surface area contributed by atoms with Crippen LogP contribution in [0.3, 0.4) is 0 Å². The molecule has 1 rings (SSSR count). The van der Waals surface area contributed by atoms with Gasteiger partial charge < -0.3 is 9.16 Å². The fraction of sp³-hybridized carbons (Fsp3) is 0.867. The van der Waals surface area contributed by atoms with Crippen molar-refractivity contribution in [3.8, 4) is 0 Å². The number of carbonyl (C=O) groups is 2. The first-order chi connectivity index (χ1) is 9.47. The van der Waals surface area contributed by atoms with Gasteiger partial charge in [0, 0.05) is 13.0 Å². The van der Waals surface area contributed by atoms with E-state index < -0.39 is 14.4 Å². The monoisotopic (exact) mass is 315 g/mol. The fourth-order valence-electron chi connectivity index (χ4n) is 1.94. The van der Waals surface area contributed by atoms with Crippen LogP contribution in [0, 0.1) is 5.92 Å². The first kappa shape index (κ1) is 18.2. The van der Waals surface area contributed by atoms with E-state index in [1.165, 1.54) is 4.90 Å². The van der Waals surface area contributed by atoms with Crippen molar-refractivity contribution in [3.63, 3.8) is 0 Å². The maximum atomic E-state index is 12.3. The Hall–Kier alpha value is -0.883. The minimum Gasteiger partial charge on any atom is -0.447 e. The molecule has 0 aromatic rings. The zero-order valence-electron chi connectivity index (χ0n) is 14.4. The summed E-state index contributed by atoms with van der Waals surface area (Å²) >= 11 is 0.